The van der Waals surface area contributed by atoms with Crippen molar-refractivity contribution in [3.63, 3.8) is 0 Å². The fraction of sp³-hybridized carbons (Fsp3) is 0.278. The van der Waals surface area contributed by atoms with Crippen LogP contribution in [0.3, 0.4) is 0 Å². The summed E-state index contributed by atoms with van der Waals surface area (Å²) in [6.07, 6.45) is 10.2. The number of amides is 1. The van der Waals surface area contributed by atoms with E-state index in [0.29, 0.717) is 29.4 Å². The highest BCUT2D eigenvalue weighted by atomic mass is 16.1. The van der Waals surface area contributed by atoms with E-state index in [1.807, 2.05) is 0 Å². The van der Waals surface area contributed by atoms with Gasteiger partial charge >= 0.3 is 0 Å². The van der Waals surface area contributed by atoms with E-state index >= 15 is 0 Å². The highest BCUT2D eigenvalue weighted by Gasteiger charge is 2.15. The Labute approximate surface area is 135 Å². The molecule has 23 heavy (non-hydrogen) atoms. The molecule has 118 valence electrons. The molecule has 1 N–H and O–H groups in total. The maximum Gasteiger partial charge on any atom is 0.228 e. The Balaban J connectivity index is 1.63. The van der Waals surface area contributed by atoms with Crippen LogP contribution >= 0.6 is 0 Å². The highest BCUT2D eigenvalue weighted by Crippen LogP contribution is 2.21. The average Bonchev–Trinajstić information content (AvgIpc) is 3.19. The van der Waals surface area contributed by atoms with Crippen LogP contribution in [0.15, 0.2) is 48.8 Å². The molecule has 2 aromatic rings. The van der Waals surface area contributed by atoms with Gasteiger partial charge in [0, 0.05) is 37.1 Å². The third-order valence-electron chi connectivity index (χ3n) is 4.02. The van der Waals surface area contributed by atoms with Gasteiger partial charge in [0.1, 0.15) is 0 Å². The summed E-state index contributed by atoms with van der Waals surface area (Å²) in [6.45, 7) is 0. The molecule has 1 aliphatic carbocycles. The topological polar surface area (TPSA) is 64.0 Å². The van der Waals surface area contributed by atoms with E-state index in [2.05, 4.69) is 22.5 Å². The molecule has 0 bridgehead atoms. The second-order valence-corrected chi connectivity index (χ2v) is 5.79. The number of hydrogen-bond donors (Lipinski definition) is 1. The van der Waals surface area contributed by atoms with Crippen LogP contribution in [0.1, 0.15) is 35.4 Å². The number of rotatable bonds is 5. The summed E-state index contributed by atoms with van der Waals surface area (Å²) >= 11 is 0. The maximum absolute atomic E-state index is 12.3. The average molecular weight is 309 g/mol. The zero-order valence-electron chi connectivity index (χ0n) is 13.0. The largest absolute Gasteiger partial charge is 0.331 e. The number of aromatic nitrogens is 2. The van der Waals surface area contributed by atoms with Crippen molar-refractivity contribution in [2.45, 2.75) is 19.3 Å². The van der Waals surface area contributed by atoms with Crippen LogP contribution in [0.5, 0.6) is 0 Å². The number of nitrogens with one attached hydrogen (secondary N) is 1. The summed E-state index contributed by atoms with van der Waals surface area (Å²) in [4.78, 5) is 28.4. The van der Waals surface area contributed by atoms with Gasteiger partial charge < -0.3 is 9.88 Å². The molecule has 1 aromatic heterocycles. The van der Waals surface area contributed by atoms with Gasteiger partial charge in [-0.25, -0.2) is 4.98 Å². The molecular weight excluding hydrogens is 290 g/mol. The number of anilines is 1. The number of aryl methyl sites for hydroxylation is 1. The molecule has 0 saturated heterocycles. The van der Waals surface area contributed by atoms with E-state index in [4.69, 9.17) is 0 Å². The fourth-order valence-corrected chi connectivity index (χ4v) is 2.73. The van der Waals surface area contributed by atoms with Gasteiger partial charge in [0.2, 0.25) is 11.7 Å². The first-order valence-corrected chi connectivity index (χ1v) is 7.72. The molecule has 3 rings (SSSR count). The van der Waals surface area contributed by atoms with Crippen molar-refractivity contribution >= 4 is 17.4 Å². The molecule has 0 aliphatic heterocycles. The minimum Gasteiger partial charge on any atom is -0.331 e. The van der Waals surface area contributed by atoms with Gasteiger partial charge in [0.15, 0.2) is 5.82 Å². The molecule has 1 aromatic carbocycles. The number of ketones is 1. The number of hydrogen-bond acceptors (Lipinski definition) is 3. The van der Waals surface area contributed by atoms with Crippen LogP contribution in [0, 0.1) is 5.92 Å². The SMILES string of the molecule is Cn1ccnc1C(=O)c1ccc(NC(=O)CC2C=CCC2)cc1. The Morgan fingerprint density at radius 1 is 1.30 bits per heavy atom. The Hall–Kier alpha value is -2.69. The van der Waals surface area contributed by atoms with Crippen molar-refractivity contribution in [1.29, 1.82) is 0 Å². The second kappa shape index (κ2) is 6.60. The predicted molar refractivity (Wildman–Crippen MR) is 88.2 cm³/mol. The first-order valence-electron chi connectivity index (χ1n) is 7.72. The van der Waals surface area contributed by atoms with Crippen LogP contribution < -0.4 is 5.32 Å². The Bertz CT molecular complexity index is 744. The standard InChI is InChI=1S/C18H19N3O2/c1-21-11-10-19-18(21)17(23)14-6-8-15(9-7-14)20-16(22)12-13-4-2-3-5-13/h2,4,6-11,13H,3,5,12H2,1H3,(H,20,22). The van der Waals surface area contributed by atoms with Crippen LogP contribution in [0.25, 0.3) is 0 Å². The van der Waals surface area contributed by atoms with Crippen LogP contribution in [-0.2, 0) is 11.8 Å². The van der Waals surface area contributed by atoms with E-state index in [-0.39, 0.29) is 11.7 Å². The van der Waals surface area contributed by atoms with Crippen molar-refractivity contribution in [2.24, 2.45) is 13.0 Å². The van der Waals surface area contributed by atoms with Gasteiger partial charge in [-0.15, -0.1) is 0 Å². The summed E-state index contributed by atoms with van der Waals surface area (Å²) in [7, 11) is 1.78. The van der Waals surface area contributed by atoms with E-state index in [0.717, 1.165) is 12.8 Å². The second-order valence-electron chi connectivity index (χ2n) is 5.79. The monoisotopic (exact) mass is 309 g/mol. The van der Waals surface area contributed by atoms with Gasteiger partial charge in [-0.1, -0.05) is 12.2 Å². The first-order chi connectivity index (χ1) is 11.1. The van der Waals surface area contributed by atoms with Crippen molar-refractivity contribution in [3.8, 4) is 0 Å². The summed E-state index contributed by atoms with van der Waals surface area (Å²) < 4.78 is 1.69. The van der Waals surface area contributed by atoms with Crippen molar-refractivity contribution in [2.75, 3.05) is 5.32 Å². The molecule has 1 unspecified atom stereocenters. The van der Waals surface area contributed by atoms with E-state index in [1.165, 1.54) is 0 Å². The van der Waals surface area contributed by atoms with Crippen LogP contribution in [0.2, 0.25) is 0 Å². The van der Waals surface area contributed by atoms with Crippen LogP contribution in [0.4, 0.5) is 5.69 Å². The maximum atomic E-state index is 12.3. The van der Waals surface area contributed by atoms with Crippen molar-refractivity contribution < 1.29 is 9.59 Å². The molecule has 1 aliphatic rings. The molecule has 0 saturated carbocycles. The minimum absolute atomic E-state index is 0.00438. The number of imidazole rings is 1. The molecule has 0 fully saturated rings. The Morgan fingerprint density at radius 2 is 2.09 bits per heavy atom. The number of carbonyl (C=O) groups is 2. The van der Waals surface area contributed by atoms with Gasteiger partial charge in [-0.05, 0) is 43.0 Å². The van der Waals surface area contributed by atoms with Gasteiger partial charge in [-0.2, -0.15) is 0 Å². The molecule has 5 nitrogen and oxygen atoms in total. The lowest BCUT2D eigenvalue weighted by Gasteiger charge is -2.09. The third-order valence-corrected chi connectivity index (χ3v) is 4.02. The van der Waals surface area contributed by atoms with Crippen molar-refractivity contribution in [1.82, 2.24) is 9.55 Å². The molecule has 0 radical (unpaired) electrons. The summed E-state index contributed by atoms with van der Waals surface area (Å²) in [6, 6.07) is 6.92. The minimum atomic E-state index is -0.133. The van der Waals surface area contributed by atoms with E-state index in [9.17, 15) is 9.59 Å². The predicted octanol–water partition coefficient (Wildman–Crippen LogP) is 2.95. The lowest BCUT2D eigenvalue weighted by molar-refractivity contribution is -0.116. The number of nitrogens with zero attached hydrogens (tertiary/aromatic N) is 2. The Kier molecular flexibility index (Phi) is 4.37. The molecule has 1 heterocycles. The fourth-order valence-electron chi connectivity index (χ4n) is 2.73. The first kappa shape index (κ1) is 15.2. The molecule has 1 amide bonds. The normalized spacial score (nSPS) is 16.5. The smallest absolute Gasteiger partial charge is 0.228 e. The van der Waals surface area contributed by atoms with Gasteiger partial charge in [0.25, 0.3) is 0 Å². The lowest BCUT2D eigenvalue weighted by atomic mass is 10.0. The summed E-state index contributed by atoms with van der Waals surface area (Å²) in [5.41, 5.74) is 1.25. The van der Waals surface area contributed by atoms with Crippen LogP contribution in [-0.4, -0.2) is 21.2 Å². The van der Waals surface area contributed by atoms with E-state index < -0.39 is 0 Å². The zero-order valence-corrected chi connectivity index (χ0v) is 13.0. The van der Waals surface area contributed by atoms with Crippen molar-refractivity contribution in [3.05, 3.63) is 60.2 Å². The Morgan fingerprint density at radius 3 is 2.70 bits per heavy atom. The highest BCUT2D eigenvalue weighted by molar-refractivity contribution is 6.07. The molecule has 5 heteroatoms. The number of allylic oxidation sites excluding steroid dienone is 2. The van der Waals surface area contributed by atoms with Gasteiger partial charge in [-0.3, -0.25) is 9.59 Å². The number of carbonyl (C=O) groups excluding carboxylic acids is 2. The quantitative estimate of drug-likeness (QED) is 0.682. The summed E-state index contributed by atoms with van der Waals surface area (Å²) in [5, 5.41) is 2.88. The molecular formula is C18H19N3O2. The zero-order chi connectivity index (χ0) is 16.2. The third kappa shape index (κ3) is 3.56. The summed E-state index contributed by atoms with van der Waals surface area (Å²) in [5.74, 6) is 0.616. The van der Waals surface area contributed by atoms with Gasteiger partial charge in [0.05, 0.1) is 0 Å². The molecule has 1 atom stereocenters. The number of benzene rings is 1. The molecule has 0 spiro atoms. The lowest BCUT2D eigenvalue weighted by Crippen LogP contribution is -2.15. The van der Waals surface area contributed by atoms with E-state index in [1.54, 1.807) is 48.3 Å².